The Balaban J connectivity index is 1.07. The molecule has 7 rings (SSSR count). The normalized spacial score (nSPS) is 20.1. The molecule has 1 aromatic carbocycles. The van der Waals surface area contributed by atoms with Crippen LogP contribution in [-0.4, -0.2) is 54.9 Å². The van der Waals surface area contributed by atoms with Gasteiger partial charge in [0.1, 0.15) is 11.0 Å². The van der Waals surface area contributed by atoms with Crippen molar-refractivity contribution >= 4 is 28.1 Å². The van der Waals surface area contributed by atoms with Crippen LogP contribution in [-0.2, 0) is 5.54 Å². The number of nitrogens with zero attached hydrogens (tertiary/aromatic N) is 5. The van der Waals surface area contributed by atoms with E-state index in [9.17, 15) is 4.79 Å². The van der Waals surface area contributed by atoms with Gasteiger partial charge in [0, 0.05) is 59.8 Å². The first-order chi connectivity index (χ1) is 19.2. The zero-order valence-corrected chi connectivity index (χ0v) is 23.3. The van der Waals surface area contributed by atoms with E-state index in [-0.39, 0.29) is 23.8 Å². The number of H-pyrrole nitrogens is 1. The molecular weight excluding hydrogens is 522 g/mol. The molecule has 1 saturated heterocycles. The average Bonchev–Trinajstić information content (AvgIpc) is 3.39. The Kier molecular flexibility index (Phi) is 5.72. The number of aromatic nitrogens is 5. The highest BCUT2D eigenvalue weighted by atomic mass is 32.1. The van der Waals surface area contributed by atoms with E-state index in [0.29, 0.717) is 40.4 Å². The second kappa shape index (κ2) is 9.21. The largest absolute Gasteiger partial charge is 0.474 e. The van der Waals surface area contributed by atoms with E-state index in [1.165, 1.54) is 11.3 Å². The van der Waals surface area contributed by atoms with E-state index in [0.717, 1.165) is 27.9 Å². The molecule has 3 N–H and O–H groups in total. The van der Waals surface area contributed by atoms with Crippen LogP contribution >= 0.6 is 11.3 Å². The summed E-state index contributed by atoms with van der Waals surface area (Å²) in [7, 11) is 0. The van der Waals surface area contributed by atoms with Gasteiger partial charge < -0.3 is 20.4 Å². The number of ether oxygens (including phenoxy) is 1. The number of para-hydroxylation sites is 1. The molecule has 40 heavy (non-hydrogen) atoms. The standard InChI is InChI=1S/C30H29N7O2S/c1-16-26(40-28(34-16)27-32-9-6-10-33-27)29(38)37-14-19-20(15-37)25(19)39-24-13-18(30(2,3)31)12-23(36-24)22-11-17-7-4-5-8-21(17)35-22/h4-13,19-20,25,35H,14-15,31H2,1-3H3/t19-,20+,25-. The Labute approximate surface area is 235 Å². The molecule has 1 amide bonds. The first kappa shape index (κ1) is 24.9. The predicted octanol–water partition coefficient (Wildman–Crippen LogP) is 4.80. The van der Waals surface area contributed by atoms with Crippen molar-refractivity contribution in [2.45, 2.75) is 32.4 Å². The van der Waals surface area contributed by atoms with Crippen LogP contribution in [0.5, 0.6) is 5.88 Å². The van der Waals surface area contributed by atoms with E-state index < -0.39 is 5.54 Å². The summed E-state index contributed by atoms with van der Waals surface area (Å²) in [6, 6.07) is 16.0. The fraction of sp³-hybridized carbons (Fsp3) is 0.300. The van der Waals surface area contributed by atoms with Gasteiger partial charge in [-0.05, 0) is 50.6 Å². The van der Waals surface area contributed by atoms with Gasteiger partial charge in [0.05, 0.1) is 17.1 Å². The van der Waals surface area contributed by atoms with Crippen LogP contribution in [0.15, 0.2) is 60.9 Å². The number of hydrogen-bond acceptors (Lipinski definition) is 8. The maximum absolute atomic E-state index is 13.4. The molecule has 1 saturated carbocycles. The molecular formula is C30H29N7O2S. The summed E-state index contributed by atoms with van der Waals surface area (Å²) in [5.41, 5.74) is 10.4. The zero-order chi connectivity index (χ0) is 27.6. The Morgan fingerprint density at radius 1 is 1.07 bits per heavy atom. The van der Waals surface area contributed by atoms with Crippen LogP contribution in [0.3, 0.4) is 0 Å². The number of carbonyl (C=O) groups is 1. The minimum Gasteiger partial charge on any atom is -0.474 e. The number of hydrogen-bond donors (Lipinski definition) is 2. The number of thiazole rings is 1. The number of pyridine rings is 1. The van der Waals surface area contributed by atoms with Gasteiger partial charge in [-0.2, -0.15) is 0 Å². The minimum atomic E-state index is -0.555. The lowest BCUT2D eigenvalue weighted by Crippen LogP contribution is -2.33. The van der Waals surface area contributed by atoms with E-state index in [1.807, 2.05) is 49.9 Å². The summed E-state index contributed by atoms with van der Waals surface area (Å²) >= 11 is 1.35. The number of nitrogens with two attached hydrogens (primary N) is 1. The van der Waals surface area contributed by atoms with Crippen molar-refractivity contribution in [3.05, 3.63) is 77.1 Å². The number of benzene rings is 1. The number of aryl methyl sites for hydroxylation is 1. The molecule has 10 heteroatoms. The third kappa shape index (κ3) is 4.43. The van der Waals surface area contributed by atoms with Crippen molar-refractivity contribution in [2.75, 3.05) is 13.1 Å². The molecule has 3 atom stereocenters. The molecule has 0 unspecified atom stereocenters. The number of aromatic amines is 1. The number of piperidine rings is 1. The van der Waals surface area contributed by atoms with E-state index in [4.69, 9.17) is 15.5 Å². The van der Waals surface area contributed by atoms with Crippen LogP contribution in [0.4, 0.5) is 0 Å². The maximum atomic E-state index is 13.4. The minimum absolute atomic E-state index is 0.00855. The number of fused-ring (bicyclic) bond motifs is 2. The molecule has 9 nitrogen and oxygen atoms in total. The van der Waals surface area contributed by atoms with Crippen molar-refractivity contribution in [2.24, 2.45) is 17.6 Å². The molecule has 0 radical (unpaired) electrons. The van der Waals surface area contributed by atoms with Crippen molar-refractivity contribution < 1.29 is 9.53 Å². The average molecular weight is 552 g/mol. The summed E-state index contributed by atoms with van der Waals surface area (Å²) in [6.07, 6.45) is 3.38. The zero-order valence-electron chi connectivity index (χ0n) is 22.5. The molecule has 0 bridgehead atoms. The monoisotopic (exact) mass is 551 g/mol. The van der Waals surface area contributed by atoms with Crippen LogP contribution in [0.2, 0.25) is 0 Å². The molecule has 202 valence electrons. The van der Waals surface area contributed by atoms with Gasteiger partial charge in [-0.1, -0.05) is 18.2 Å². The Morgan fingerprint density at radius 2 is 1.82 bits per heavy atom. The highest BCUT2D eigenvalue weighted by Crippen LogP contribution is 2.48. The van der Waals surface area contributed by atoms with Crippen LogP contribution in [0.25, 0.3) is 33.1 Å². The molecule has 1 aliphatic carbocycles. The number of carbonyl (C=O) groups excluding carboxylic acids is 1. The predicted molar refractivity (Wildman–Crippen MR) is 154 cm³/mol. The first-order valence-corrected chi connectivity index (χ1v) is 14.2. The maximum Gasteiger partial charge on any atom is 0.265 e. The SMILES string of the molecule is Cc1nc(-c2ncccn2)sc1C(=O)N1C[C@@H]2[C@H](C1)[C@@H]2Oc1cc(C(C)(C)N)cc(-c2cc3ccccc3[nH]2)n1. The lowest BCUT2D eigenvalue weighted by molar-refractivity contribution is 0.0755. The van der Waals surface area contributed by atoms with Crippen molar-refractivity contribution in [3.8, 4) is 28.1 Å². The Bertz CT molecular complexity index is 1700. The van der Waals surface area contributed by atoms with E-state index in [2.05, 4.69) is 38.1 Å². The number of nitrogens with one attached hydrogen (secondary N) is 1. The topological polar surface area (TPSA) is 123 Å². The lowest BCUT2D eigenvalue weighted by Gasteiger charge is -2.22. The second-order valence-electron chi connectivity index (χ2n) is 11.2. The second-order valence-corrected chi connectivity index (χ2v) is 12.2. The number of likely N-dealkylation sites (tertiary alicyclic amines) is 1. The number of amides is 1. The summed E-state index contributed by atoms with van der Waals surface area (Å²) in [4.78, 5) is 37.3. The fourth-order valence-electron chi connectivity index (χ4n) is 5.48. The Morgan fingerprint density at radius 3 is 2.55 bits per heavy atom. The number of rotatable bonds is 6. The molecule has 5 heterocycles. The summed E-state index contributed by atoms with van der Waals surface area (Å²) in [5.74, 6) is 1.67. The molecule has 4 aromatic heterocycles. The quantitative estimate of drug-likeness (QED) is 0.311. The van der Waals surface area contributed by atoms with Gasteiger partial charge in [0.2, 0.25) is 5.88 Å². The molecule has 2 aliphatic rings. The fourth-order valence-corrected chi connectivity index (χ4v) is 6.46. The first-order valence-electron chi connectivity index (χ1n) is 13.3. The molecule has 5 aromatic rings. The van der Waals surface area contributed by atoms with Crippen LogP contribution < -0.4 is 10.5 Å². The van der Waals surface area contributed by atoms with Crippen LogP contribution in [0.1, 0.15) is 34.8 Å². The summed E-state index contributed by atoms with van der Waals surface area (Å²) < 4.78 is 6.44. The van der Waals surface area contributed by atoms with Gasteiger partial charge in [-0.15, -0.1) is 11.3 Å². The Hall–Kier alpha value is -4.15. The lowest BCUT2D eigenvalue weighted by atomic mass is 9.95. The van der Waals surface area contributed by atoms with Crippen LogP contribution in [0, 0.1) is 18.8 Å². The van der Waals surface area contributed by atoms with Gasteiger partial charge in [-0.25, -0.2) is 19.9 Å². The van der Waals surface area contributed by atoms with E-state index in [1.54, 1.807) is 18.5 Å². The third-order valence-corrected chi connectivity index (χ3v) is 8.90. The van der Waals surface area contributed by atoms with Crippen molar-refractivity contribution in [3.63, 3.8) is 0 Å². The summed E-state index contributed by atoms with van der Waals surface area (Å²) in [5, 5.41) is 1.78. The van der Waals surface area contributed by atoms with Gasteiger partial charge in [-0.3, -0.25) is 4.79 Å². The summed E-state index contributed by atoms with van der Waals surface area (Å²) in [6.45, 7) is 7.13. The van der Waals surface area contributed by atoms with Gasteiger partial charge >= 0.3 is 0 Å². The van der Waals surface area contributed by atoms with Crippen molar-refractivity contribution in [1.29, 1.82) is 0 Å². The molecule has 0 spiro atoms. The van der Waals surface area contributed by atoms with E-state index >= 15 is 0 Å². The highest BCUT2D eigenvalue weighted by Gasteiger charge is 2.59. The van der Waals surface area contributed by atoms with Crippen molar-refractivity contribution in [1.82, 2.24) is 29.8 Å². The highest BCUT2D eigenvalue weighted by molar-refractivity contribution is 7.17. The van der Waals surface area contributed by atoms with Gasteiger partial charge in [0.15, 0.2) is 10.8 Å². The molecule has 1 aliphatic heterocycles. The van der Waals surface area contributed by atoms with Gasteiger partial charge in [0.25, 0.3) is 5.91 Å². The smallest absolute Gasteiger partial charge is 0.265 e. The molecule has 2 fully saturated rings. The third-order valence-electron chi connectivity index (χ3n) is 7.76.